The minimum atomic E-state index is -1.80. The van der Waals surface area contributed by atoms with E-state index in [0.29, 0.717) is 33.7 Å². The third-order valence-corrected chi connectivity index (χ3v) is 13.9. The van der Waals surface area contributed by atoms with Crippen LogP contribution in [-0.2, 0) is 77.0 Å². The Morgan fingerprint density at radius 1 is 0.720 bits per heavy atom. The number of amides is 8. The average molecular weight is 1150 g/mol. The molecule has 0 saturated carbocycles. The number of carbonyl (C=O) groups is 9. The van der Waals surface area contributed by atoms with Crippen molar-refractivity contribution >= 4 is 64.6 Å². The van der Waals surface area contributed by atoms with Crippen LogP contribution in [-0.4, -0.2) is 138 Å². The fourth-order valence-corrected chi connectivity index (χ4v) is 9.14. The zero-order chi connectivity index (χ0) is 59.6. The van der Waals surface area contributed by atoms with Gasteiger partial charge in [-0.05, 0) is 116 Å². The monoisotopic (exact) mass is 1150 g/mol. The van der Waals surface area contributed by atoms with Crippen molar-refractivity contribution in [3.05, 3.63) is 142 Å². The predicted molar refractivity (Wildman–Crippen MR) is 298 cm³/mol. The molecule has 2 bridgehead atoms. The number of carbonyl (C=O) groups excluding carboxylic acids is 9. The topological polar surface area (TPSA) is 421 Å². The van der Waals surface area contributed by atoms with Gasteiger partial charge in [-0.3, -0.25) is 43.2 Å². The molecule has 6 rings (SSSR count). The highest BCUT2D eigenvalue weighted by Crippen LogP contribution is 2.21. The molecule has 0 spiro atoms. The first-order valence-corrected chi connectivity index (χ1v) is 26.8. The summed E-state index contributed by atoms with van der Waals surface area (Å²) in [6, 6.07) is 13.5. The lowest BCUT2D eigenvalue weighted by atomic mass is 9.90. The van der Waals surface area contributed by atoms with Gasteiger partial charge in [-0.25, -0.2) is 4.68 Å². The van der Waals surface area contributed by atoms with Crippen molar-refractivity contribution in [2.45, 2.75) is 120 Å². The number of nitrogens with zero attached hydrogens (tertiary/aromatic N) is 3. The molecular formula is C56H68ClN13O12. The SMILES string of the molecule is C[C@@H](O)[C@@H]1NC(=O)[C@H](CCCCN)NC(=O)[C@@H](Cc2ccc(C(N)=O)cc2)NC(=O)[C@H](Cc2ccc(O)cc2)CC(=O)[C@H](NC(=O)[C@@H](N)Cc2ccc(Cl)cc2)Cn2cc(nn2)C[C@@H](C(=O)N[C@H](Cc2ccc(O)cc2)C(N)=O)NC1=O. The summed E-state index contributed by atoms with van der Waals surface area (Å²) >= 11 is 6.09. The van der Waals surface area contributed by atoms with Crippen LogP contribution in [0, 0.1) is 5.92 Å². The van der Waals surface area contributed by atoms with Gasteiger partial charge in [-0.15, -0.1) is 5.10 Å². The van der Waals surface area contributed by atoms with Gasteiger partial charge < -0.3 is 70.2 Å². The molecule has 1 aromatic heterocycles. The van der Waals surface area contributed by atoms with Crippen molar-refractivity contribution in [3.8, 4) is 11.5 Å². The number of nitrogens with two attached hydrogens (primary N) is 4. The van der Waals surface area contributed by atoms with Crippen molar-refractivity contribution in [2.75, 3.05) is 6.54 Å². The Hall–Kier alpha value is -8.78. The normalized spacial score (nSPS) is 20.5. The highest BCUT2D eigenvalue weighted by molar-refractivity contribution is 6.30. The number of aromatic nitrogens is 3. The van der Waals surface area contributed by atoms with Crippen molar-refractivity contribution in [1.29, 1.82) is 0 Å². The van der Waals surface area contributed by atoms with Crippen LogP contribution >= 0.6 is 11.6 Å². The van der Waals surface area contributed by atoms with E-state index >= 15 is 0 Å². The standard InChI is InChI=1S/C56H68ClN13O12/c1-30(71)48-56(82)65-45(55(81)63-43(50(61)76)24-34-11-19-40(73)20-12-34)27-38-28-70(69-68-38)29-46(66-52(78)41(59)23-32-7-15-37(57)16-8-32)47(74)26-36(22-31-9-17-39(72)18-10-31)51(77)64-44(25-33-5-13-35(14-6-33)49(60)75)54(80)62-42(53(79)67-48)4-2-3-21-58/h5-20,28,30,36,41-46,48,71-73H,2-4,21-27,29,58-59H2,1H3,(H2,60,75)(H2,61,76)(H,62,80)(H,63,81)(H,64,77)(H,65,82)(H,66,78)(H,67,79)/t30-,36-,41+,42+,43-,44-,45+,46-,48+/m1/s1. The summed E-state index contributed by atoms with van der Waals surface area (Å²) in [6.07, 6.45) is -1.34. The summed E-state index contributed by atoms with van der Waals surface area (Å²) in [6.45, 7) is 0.956. The number of aromatic hydroxyl groups is 2. The summed E-state index contributed by atoms with van der Waals surface area (Å²) in [5.41, 5.74) is 25.7. The molecule has 25 nitrogen and oxygen atoms in total. The number of phenols is 2. The number of Topliss-reactive ketones (excluding diaryl/α,β-unsaturated/α-hetero) is 1. The van der Waals surface area contributed by atoms with Crippen LogP contribution in [0.25, 0.3) is 0 Å². The molecule has 2 heterocycles. The summed E-state index contributed by atoms with van der Waals surface area (Å²) in [7, 11) is 0. The molecule has 0 unspecified atom stereocenters. The predicted octanol–water partition coefficient (Wildman–Crippen LogP) is -1.22. The molecule has 1 aliphatic rings. The Labute approximate surface area is 476 Å². The molecule has 17 N–H and O–H groups in total. The van der Waals surface area contributed by atoms with Crippen LogP contribution in [0.3, 0.4) is 0 Å². The van der Waals surface area contributed by atoms with Crippen molar-refractivity contribution < 1.29 is 58.5 Å². The minimum Gasteiger partial charge on any atom is -0.508 e. The number of rotatable bonds is 19. The van der Waals surface area contributed by atoms with Crippen LogP contribution in [0.5, 0.6) is 11.5 Å². The minimum absolute atomic E-state index is 0.0117. The molecule has 26 heteroatoms. The van der Waals surface area contributed by atoms with Gasteiger partial charge in [0.1, 0.15) is 47.8 Å². The highest BCUT2D eigenvalue weighted by atomic mass is 35.5. The second kappa shape index (κ2) is 29.6. The zero-order valence-corrected chi connectivity index (χ0v) is 45.6. The fraction of sp³-hybridized carbons (Fsp3) is 0.375. The highest BCUT2D eigenvalue weighted by Gasteiger charge is 2.37. The summed E-state index contributed by atoms with van der Waals surface area (Å²) in [5, 5.41) is 55.5. The second-order valence-electron chi connectivity index (χ2n) is 20.2. The molecule has 0 saturated heterocycles. The number of benzene rings is 4. The number of nitrogens with one attached hydrogen (secondary N) is 6. The van der Waals surface area contributed by atoms with Crippen LogP contribution in [0.1, 0.15) is 70.9 Å². The van der Waals surface area contributed by atoms with Gasteiger partial charge in [0.15, 0.2) is 5.78 Å². The second-order valence-corrected chi connectivity index (χ2v) is 20.6. The van der Waals surface area contributed by atoms with E-state index < -0.39 is 127 Å². The Morgan fingerprint density at radius 3 is 1.90 bits per heavy atom. The quantitative estimate of drug-likeness (QED) is 0.0431. The van der Waals surface area contributed by atoms with E-state index in [-0.39, 0.29) is 67.8 Å². The van der Waals surface area contributed by atoms with E-state index in [2.05, 4.69) is 42.2 Å². The molecule has 436 valence electrons. The van der Waals surface area contributed by atoms with E-state index in [1.54, 1.807) is 24.3 Å². The lowest BCUT2D eigenvalue weighted by molar-refractivity contribution is -0.137. The number of ketones is 1. The van der Waals surface area contributed by atoms with E-state index in [9.17, 15) is 58.5 Å². The van der Waals surface area contributed by atoms with Crippen LogP contribution in [0.4, 0.5) is 0 Å². The summed E-state index contributed by atoms with van der Waals surface area (Å²) in [4.78, 5) is 126. The lowest BCUT2D eigenvalue weighted by Crippen LogP contribution is -2.61. The number of hydrogen-bond donors (Lipinski definition) is 13. The number of halogens is 1. The van der Waals surface area contributed by atoms with Crippen molar-refractivity contribution in [1.82, 2.24) is 46.9 Å². The van der Waals surface area contributed by atoms with Gasteiger partial charge >= 0.3 is 0 Å². The number of aliphatic hydroxyl groups is 1. The summed E-state index contributed by atoms with van der Waals surface area (Å²) in [5.74, 6) is -9.39. The first-order valence-electron chi connectivity index (χ1n) is 26.4. The van der Waals surface area contributed by atoms with E-state index in [1.807, 2.05) is 0 Å². The van der Waals surface area contributed by atoms with Crippen LogP contribution in [0.15, 0.2) is 103 Å². The van der Waals surface area contributed by atoms with E-state index in [1.165, 1.54) is 90.6 Å². The van der Waals surface area contributed by atoms with Gasteiger partial charge in [0.2, 0.25) is 47.3 Å². The van der Waals surface area contributed by atoms with Crippen LogP contribution < -0.4 is 54.8 Å². The maximum atomic E-state index is 14.9. The van der Waals surface area contributed by atoms with Gasteiger partial charge in [0, 0.05) is 48.4 Å². The number of fused-ring (bicyclic) bond motifs is 2. The Kier molecular flexibility index (Phi) is 22.5. The maximum Gasteiger partial charge on any atom is 0.248 e. The molecule has 4 aromatic carbocycles. The Morgan fingerprint density at radius 2 is 1.29 bits per heavy atom. The number of unbranched alkanes of at least 4 members (excludes halogenated alkanes) is 1. The van der Waals surface area contributed by atoms with Crippen molar-refractivity contribution in [3.63, 3.8) is 0 Å². The molecule has 82 heavy (non-hydrogen) atoms. The maximum absolute atomic E-state index is 14.9. The van der Waals surface area contributed by atoms with Crippen molar-refractivity contribution in [2.24, 2.45) is 28.9 Å². The Balaban J connectivity index is 1.44. The largest absolute Gasteiger partial charge is 0.508 e. The first kappa shape index (κ1) is 62.4. The van der Waals surface area contributed by atoms with Gasteiger partial charge in [-0.2, -0.15) is 0 Å². The van der Waals surface area contributed by atoms with Gasteiger partial charge in [0.05, 0.1) is 24.4 Å². The molecule has 0 aliphatic carbocycles. The first-order chi connectivity index (χ1) is 39.0. The fourth-order valence-electron chi connectivity index (χ4n) is 9.02. The third kappa shape index (κ3) is 18.7. The molecule has 5 aromatic rings. The molecular weight excluding hydrogens is 1080 g/mol. The van der Waals surface area contributed by atoms with Gasteiger partial charge in [0.25, 0.3) is 0 Å². The molecule has 8 amide bonds. The molecule has 1 aliphatic heterocycles. The van der Waals surface area contributed by atoms with Gasteiger partial charge in [-0.1, -0.05) is 65.3 Å². The smallest absolute Gasteiger partial charge is 0.248 e. The molecule has 9 atom stereocenters. The third-order valence-electron chi connectivity index (χ3n) is 13.6. The number of hydrogen-bond acceptors (Lipinski definition) is 16. The van der Waals surface area contributed by atoms with E-state index in [0.717, 1.165) is 0 Å². The number of primary amides is 2. The van der Waals surface area contributed by atoms with E-state index in [4.69, 9.17) is 34.5 Å². The molecule has 0 fully saturated rings. The Bertz CT molecular complexity index is 3050. The number of aliphatic hydroxyl groups excluding tert-OH is 1. The lowest BCUT2D eigenvalue weighted by Gasteiger charge is -2.28. The number of phenolic OH excluding ortho intramolecular Hbond substituents is 2. The summed E-state index contributed by atoms with van der Waals surface area (Å²) < 4.78 is 1.17. The molecule has 0 radical (unpaired) electrons. The van der Waals surface area contributed by atoms with Crippen LogP contribution in [0.2, 0.25) is 5.02 Å². The zero-order valence-electron chi connectivity index (χ0n) is 44.8. The average Bonchev–Trinajstić information content (AvgIpc) is 3.91.